The fourth-order valence-electron chi connectivity index (χ4n) is 4.07. The standard InChI is InChI=1S/C27H30N4O6S/c1-20-10-7-8-13-22(20)18-29(25(27(33)28-2)16-21-11-5-4-6-12-21)26(32)19-30(38(3,36)37)23-14-9-15-24(17-23)31(34)35/h4-15,17,25H,16,18-19H2,1-3H3,(H,28,33). The summed E-state index contributed by atoms with van der Waals surface area (Å²) in [6, 6.07) is 20.7. The second kappa shape index (κ2) is 12.3. The summed E-state index contributed by atoms with van der Waals surface area (Å²) < 4.78 is 26.3. The smallest absolute Gasteiger partial charge is 0.271 e. The first kappa shape index (κ1) is 28.3. The van der Waals surface area contributed by atoms with E-state index in [0.29, 0.717) is 0 Å². The molecule has 2 amide bonds. The van der Waals surface area contributed by atoms with Crippen molar-refractivity contribution in [3.05, 3.63) is 106 Å². The van der Waals surface area contributed by atoms with Crippen molar-refractivity contribution in [2.45, 2.75) is 25.9 Å². The molecule has 38 heavy (non-hydrogen) atoms. The number of carbonyl (C=O) groups excluding carboxylic acids is 2. The summed E-state index contributed by atoms with van der Waals surface area (Å²) in [5, 5.41) is 13.9. The summed E-state index contributed by atoms with van der Waals surface area (Å²) in [6.45, 7) is 1.30. The van der Waals surface area contributed by atoms with E-state index in [1.807, 2.05) is 61.5 Å². The predicted molar refractivity (Wildman–Crippen MR) is 145 cm³/mol. The lowest BCUT2D eigenvalue weighted by Gasteiger charge is -2.33. The minimum atomic E-state index is -4.02. The molecule has 0 aliphatic heterocycles. The Morgan fingerprint density at radius 2 is 1.66 bits per heavy atom. The van der Waals surface area contributed by atoms with Crippen molar-refractivity contribution in [2.24, 2.45) is 0 Å². The highest BCUT2D eigenvalue weighted by Crippen LogP contribution is 2.24. The monoisotopic (exact) mass is 538 g/mol. The molecule has 3 aromatic carbocycles. The number of nitrogens with one attached hydrogen (secondary N) is 1. The zero-order valence-electron chi connectivity index (χ0n) is 21.4. The first-order valence-corrected chi connectivity index (χ1v) is 13.7. The minimum absolute atomic E-state index is 0.0227. The molecule has 0 aliphatic carbocycles. The third kappa shape index (κ3) is 7.16. The lowest BCUT2D eigenvalue weighted by molar-refractivity contribution is -0.384. The highest BCUT2D eigenvalue weighted by Gasteiger charge is 2.33. The van der Waals surface area contributed by atoms with Gasteiger partial charge in [0.2, 0.25) is 21.8 Å². The Kier molecular flexibility index (Phi) is 9.19. The van der Waals surface area contributed by atoms with Gasteiger partial charge in [-0.1, -0.05) is 60.7 Å². The Hall–Kier alpha value is -4.25. The predicted octanol–water partition coefficient (Wildman–Crippen LogP) is 3.06. The highest BCUT2D eigenvalue weighted by atomic mass is 32.2. The molecule has 1 atom stereocenters. The van der Waals surface area contributed by atoms with Crippen LogP contribution in [-0.4, -0.2) is 55.9 Å². The van der Waals surface area contributed by atoms with Crippen molar-refractivity contribution < 1.29 is 22.9 Å². The maximum Gasteiger partial charge on any atom is 0.271 e. The molecule has 3 aromatic rings. The third-order valence-electron chi connectivity index (χ3n) is 6.13. The molecule has 10 nitrogen and oxygen atoms in total. The number of nitro benzene ring substituents is 1. The average Bonchev–Trinajstić information content (AvgIpc) is 2.89. The number of nitrogens with zero attached hydrogens (tertiary/aromatic N) is 3. The lowest BCUT2D eigenvalue weighted by atomic mass is 10.0. The van der Waals surface area contributed by atoms with Crippen LogP contribution in [0.2, 0.25) is 0 Å². The summed E-state index contributed by atoms with van der Waals surface area (Å²) >= 11 is 0. The van der Waals surface area contributed by atoms with Gasteiger partial charge >= 0.3 is 0 Å². The Labute approximate surface area is 222 Å². The molecule has 0 bridgehead atoms. The van der Waals surface area contributed by atoms with Gasteiger partial charge in [-0.3, -0.25) is 24.0 Å². The van der Waals surface area contributed by atoms with E-state index in [4.69, 9.17) is 0 Å². The molecule has 0 spiro atoms. The third-order valence-corrected chi connectivity index (χ3v) is 7.27. The van der Waals surface area contributed by atoms with Crippen LogP contribution in [0.15, 0.2) is 78.9 Å². The second-order valence-corrected chi connectivity index (χ2v) is 10.7. The van der Waals surface area contributed by atoms with Gasteiger partial charge in [0, 0.05) is 32.1 Å². The van der Waals surface area contributed by atoms with E-state index in [1.54, 1.807) is 0 Å². The normalized spacial score (nSPS) is 11.9. The number of aryl methyl sites for hydroxylation is 1. The summed E-state index contributed by atoms with van der Waals surface area (Å²) in [5.41, 5.74) is 2.18. The van der Waals surface area contributed by atoms with Crippen molar-refractivity contribution >= 4 is 33.2 Å². The maximum atomic E-state index is 13.9. The van der Waals surface area contributed by atoms with E-state index < -0.39 is 39.3 Å². The molecule has 0 aromatic heterocycles. The van der Waals surface area contributed by atoms with E-state index in [9.17, 15) is 28.1 Å². The van der Waals surface area contributed by atoms with Crippen LogP contribution in [0.4, 0.5) is 11.4 Å². The molecule has 0 saturated carbocycles. The van der Waals surface area contributed by atoms with Gasteiger partial charge in [0.05, 0.1) is 16.9 Å². The van der Waals surface area contributed by atoms with Crippen LogP contribution in [0, 0.1) is 17.0 Å². The molecule has 200 valence electrons. The van der Waals surface area contributed by atoms with Gasteiger partial charge in [-0.2, -0.15) is 0 Å². The van der Waals surface area contributed by atoms with Crippen LogP contribution in [-0.2, 0) is 32.6 Å². The van der Waals surface area contributed by atoms with Gasteiger partial charge in [0.25, 0.3) is 5.69 Å². The Morgan fingerprint density at radius 3 is 2.26 bits per heavy atom. The largest absolute Gasteiger partial charge is 0.357 e. The summed E-state index contributed by atoms with van der Waals surface area (Å²) in [7, 11) is -2.54. The van der Waals surface area contributed by atoms with Gasteiger partial charge in [0.1, 0.15) is 12.6 Å². The topological polar surface area (TPSA) is 130 Å². The first-order chi connectivity index (χ1) is 18.0. The number of sulfonamides is 1. The van der Waals surface area contributed by atoms with E-state index in [-0.39, 0.29) is 24.3 Å². The molecular formula is C27H30N4O6S. The number of hydrogen-bond donors (Lipinski definition) is 1. The van der Waals surface area contributed by atoms with E-state index in [0.717, 1.165) is 33.3 Å². The zero-order chi connectivity index (χ0) is 27.9. The van der Waals surface area contributed by atoms with Gasteiger partial charge in [-0.15, -0.1) is 0 Å². The number of benzene rings is 3. The SMILES string of the molecule is CNC(=O)C(Cc1ccccc1)N(Cc1ccccc1C)C(=O)CN(c1cccc([N+](=O)[O-])c1)S(C)(=O)=O. The molecule has 1 unspecified atom stereocenters. The fraction of sp³-hybridized carbons (Fsp3) is 0.259. The fourth-order valence-corrected chi connectivity index (χ4v) is 4.91. The summed E-state index contributed by atoms with van der Waals surface area (Å²) in [6.07, 6.45) is 1.12. The maximum absolute atomic E-state index is 13.9. The van der Waals surface area contributed by atoms with Crippen molar-refractivity contribution in [3.8, 4) is 0 Å². The molecule has 1 N–H and O–H groups in total. The Balaban J connectivity index is 2.05. The minimum Gasteiger partial charge on any atom is -0.357 e. The van der Waals surface area contributed by atoms with E-state index in [1.165, 1.54) is 30.1 Å². The summed E-state index contributed by atoms with van der Waals surface area (Å²) in [5.74, 6) is -1.04. The summed E-state index contributed by atoms with van der Waals surface area (Å²) in [4.78, 5) is 39.0. The highest BCUT2D eigenvalue weighted by molar-refractivity contribution is 7.92. The molecular weight excluding hydrogens is 508 g/mol. The van der Waals surface area contributed by atoms with E-state index >= 15 is 0 Å². The number of nitro groups is 1. The molecule has 0 saturated heterocycles. The quantitative estimate of drug-likeness (QED) is 0.295. The van der Waals surface area contributed by atoms with Crippen molar-refractivity contribution in [3.63, 3.8) is 0 Å². The average molecular weight is 539 g/mol. The van der Waals surface area contributed by atoms with Gasteiger partial charge in [-0.25, -0.2) is 8.42 Å². The zero-order valence-corrected chi connectivity index (χ0v) is 22.2. The number of non-ortho nitro benzene ring substituents is 1. The molecule has 0 fully saturated rings. The van der Waals surface area contributed by atoms with Gasteiger partial charge < -0.3 is 10.2 Å². The lowest BCUT2D eigenvalue weighted by Crippen LogP contribution is -2.53. The molecule has 11 heteroatoms. The van der Waals surface area contributed by atoms with Crippen LogP contribution in [0.1, 0.15) is 16.7 Å². The second-order valence-electron chi connectivity index (χ2n) is 8.81. The Bertz CT molecular complexity index is 1410. The van der Waals surface area contributed by atoms with Crippen LogP contribution in [0.3, 0.4) is 0 Å². The van der Waals surface area contributed by atoms with Crippen LogP contribution in [0.25, 0.3) is 0 Å². The van der Waals surface area contributed by atoms with Crippen LogP contribution >= 0.6 is 0 Å². The van der Waals surface area contributed by atoms with E-state index in [2.05, 4.69) is 5.32 Å². The van der Waals surface area contributed by atoms with Crippen molar-refractivity contribution in [2.75, 3.05) is 24.2 Å². The molecule has 0 aliphatic rings. The number of likely N-dealkylation sites (N-methyl/N-ethyl adjacent to an activating group) is 1. The first-order valence-electron chi connectivity index (χ1n) is 11.8. The number of amides is 2. The van der Waals surface area contributed by atoms with Crippen LogP contribution < -0.4 is 9.62 Å². The number of anilines is 1. The van der Waals surface area contributed by atoms with Gasteiger partial charge in [0.15, 0.2) is 0 Å². The van der Waals surface area contributed by atoms with Gasteiger partial charge in [-0.05, 0) is 29.7 Å². The molecule has 3 rings (SSSR count). The van der Waals surface area contributed by atoms with Crippen LogP contribution in [0.5, 0.6) is 0 Å². The number of rotatable bonds is 11. The number of hydrogen-bond acceptors (Lipinski definition) is 6. The van der Waals surface area contributed by atoms with Crippen molar-refractivity contribution in [1.82, 2.24) is 10.2 Å². The Morgan fingerprint density at radius 1 is 1.00 bits per heavy atom. The van der Waals surface area contributed by atoms with Crippen molar-refractivity contribution in [1.29, 1.82) is 0 Å². The molecule has 0 radical (unpaired) electrons. The number of carbonyl (C=O) groups is 2. The molecule has 0 heterocycles.